The van der Waals surface area contributed by atoms with Crippen molar-refractivity contribution in [2.24, 2.45) is 0 Å². The van der Waals surface area contributed by atoms with E-state index in [2.05, 4.69) is 0 Å². The van der Waals surface area contributed by atoms with Crippen LogP contribution in [-0.4, -0.2) is 13.2 Å². The van der Waals surface area contributed by atoms with Gasteiger partial charge < -0.3 is 13.9 Å². The predicted octanol–water partition coefficient (Wildman–Crippen LogP) is 5.84. The van der Waals surface area contributed by atoms with Gasteiger partial charge in [-0.05, 0) is 50.1 Å². The molecule has 0 bridgehead atoms. The Bertz CT molecular complexity index is 1220. The molecular weight excluding hydrogens is 376 g/mol. The lowest BCUT2D eigenvalue weighted by Gasteiger charge is -2.14. The third-order valence-corrected chi connectivity index (χ3v) is 4.95. The van der Waals surface area contributed by atoms with Crippen molar-refractivity contribution in [1.29, 1.82) is 0 Å². The van der Waals surface area contributed by atoms with E-state index < -0.39 is 0 Å². The Morgan fingerprint density at radius 3 is 2.23 bits per heavy atom. The minimum atomic E-state index is -0.163. The van der Waals surface area contributed by atoms with Crippen LogP contribution >= 0.6 is 0 Å². The van der Waals surface area contributed by atoms with Crippen LogP contribution < -0.4 is 14.9 Å². The number of aryl methyl sites for hydroxylation is 3. The summed E-state index contributed by atoms with van der Waals surface area (Å²) >= 11 is 0. The molecule has 0 aliphatic heterocycles. The second-order valence-corrected chi connectivity index (χ2v) is 7.42. The lowest BCUT2D eigenvalue weighted by molar-refractivity contribution is 0.214. The highest BCUT2D eigenvalue weighted by Gasteiger charge is 2.19. The smallest absolute Gasteiger partial charge is 0.235 e. The fourth-order valence-electron chi connectivity index (χ4n) is 3.52. The molecule has 0 aliphatic carbocycles. The topological polar surface area (TPSA) is 48.7 Å². The van der Waals surface area contributed by atoms with E-state index in [9.17, 15) is 4.79 Å². The highest BCUT2D eigenvalue weighted by Crippen LogP contribution is 2.32. The van der Waals surface area contributed by atoms with E-state index in [0.717, 1.165) is 28.0 Å². The summed E-state index contributed by atoms with van der Waals surface area (Å²) < 4.78 is 17.8. The van der Waals surface area contributed by atoms with Gasteiger partial charge in [0.2, 0.25) is 11.2 Å². The molecule has 4 aromatic rings. The summed E-state index contributed by atoms with van der Waals surface area (Å²) in [6, 6.07) is 21.3. The first-order chi connectivity index (χ1) is 14.5. The SMILES string of the molecule is Cc1ccc(-c2oc3cc(C)cc(C)c3c(=O)c2OCCOc2ccccc2)cc1. The Kier molecular flexibility index (Phi) is 5.57. The van der Waals surface area contributed by atoms with Gasteiger partial charge in [0.15, 0.2) is 5.76 Å². The Morgan fingerprint density at radius 2 is 1.50 bits per heavy atom. The van der Waals surface area contributed by atoms with Crippen LogP contribution in [0.4, 0.5) is 0 Å². The largest absolute Gasteiger partial charge is 0.490 e. The van der Waals surface area contributed by atoms with E-state index in [0.29, 0.717) is 23.3 Å². The highest BCUT2D eigenvalue weighted by molar-refractivity contribution is 5.85. The second kappa shape index (κ2) is 8.46. The Hall–Kier alpha value is -3.53. The predicted molar refractivity (Wildman–Crippen MR) is 120 cm³/mol. The van der Waals surface area contributed by atoms with E-state index in [1.165, 1.54) is 0 Å². The van der Waals surface area contributed by atoms with Gasteiger partial charge >= 0.3 is 0 Å². The lowest BCUT2D eigenvalue weighted by atomic mass is 10.0. The van der Waals surface area contributed by atoms with E-state index in [-0.39, 0.29) is 17.8 Å². The quantitative estimate of drug-likeness (QED) is 0.381. The van der Waals surface area contributed by atoms with Crippen LogP contribution in [0.15, 0.2) is 75.9 Å². The van der Waals surface area contributed by atoms with E-state index >= 15 is 0 Å². The fraction of sp³-hybridized carbons (Fsp3) is 0.192. The van der Waals surface area contributed by atoms with Gasteiger partial charge in [0.1, 0.15) is 24.5 Å². The molecule has 1 heterocycles. The first-order valence-corrected chi connectivity index (χ1v) is 9.98. The summed E-state index contributed by atoms with van der Waals surface area (Å²) in [6.07, 6.45) is 0. The van der Waals surface area contributed by atoms with Gasteiger partial charge in [-0.1, -0.05) is 54.1 Å². The van der Waals surface area contributed by atoms with Crippen LogP contribution in [0.5, 0.6) is 11.5 Å². The average molecular weight is 400 g/mol. The van der Waals surface area contributed by atoms with Crippen LogP contribution in [0.25, 0.3) is 22.3 Å². The van der Waals surface area contributed by atoms with Gasteiger partial charge in [0, 0.05) is 5.56 Å². The maximum Gasteiger partial charge on any atom is 0.235 e. The monoisotopic (exact) mass is 400 g/mol. The first kappa shape index (κ1) is 19.8. The van der Waals surface area contributed by atoms with Crippen molar-refractivity contribution in [2.75, 3.05) is 13.2 Å². The Labute approximate surface area is 175 Å². The molecular formula is C26H24O4. The maximum absolute atomic E-state index is 13.4. The molecule has 0 saturated carbocycles. The molecule has 0 N–H and O–H groups in total. The molecule has 0 atom stereocenters. The molecule has 30 heavy (non-hydrogen) atoms. The van der Waals surface area contributed by atoms with Crippen molar-refractivity contribution >= 4 is 11.0 Å². The van der Waals surface area contributed by atoms with Crippen molar-refractivity contribution in [3.05, 3.63) is 93.6 Å². The summed E-state index contributed by atoms with van der Waals surface area (Å²) in [7, 11) is 0. The molecule has 4 heteroatoms. The standard InChI is InChI=1S/C26H24O4/c1-17-9-11-20(12-10-17)25-26(29-14-13-28-21-7-5-4-6-8-21)24(27)23-19(3)15-18(2)16-22(23)30-25/h4-12,15-16H,13-14H2,1-3H3. The lowest BCUT2D eigenvalue weighted by Crippen LogP contribution is -2.16. The molecule has 0 radical (unpaired) electrons. The minimum absolute atomic E-state index is 0.163. The third-order valence-electron chi connectivity index (χ3n) is 4.95. The third kappa shape index (κ3) is 4.08. The van der Waals surface area contributed by atoms with Gasteiger partial charge in [-0.2, -0.15) is 0 Å². The number of hydrogen-bond donors (Lipinski definition) is 0. The summed E-state index contributed by atoms with van der Waals surface area (Å²) in [4.78, 5) is 13.4. The highest BCUT2D eigenvalue weighted by atomic mass is 16.5. The zero-order valence-electron chi connectivity index (χ0n) is 17.4. The molecule has 0 unspecified atom stereocenters. The summed E-state index contributed by atoms with van der Waals surface area (Å²) in [6.45, 7) is 6.48. The summed E-state index contributed by atoms with van der Waals surface area (Å²) in [5.41, 5.74) is 4.26. The number of ether oxygens (including phenoxy) is 2. The Morgan fingerprint density at radius 1 is 0.800 bits per heavy atom. The normalized spacial score (nSPS) is 10.9. The summed E-state index contributed by atoms with van der Waals surface area (Å²) in [5.74, 6) is 1.42. The number of para-hydroxylation sites is 1. The minimum Gasteiger partial charge on any atom is -0.490 e. The van der Waals surface area contributed by atoms with Crippen LogP contribution in [0.3, 0.4) is 0 Å². The zero-order valence-corrected chi connectivity index (χ0v) is 17.4. The molecule has 0 aliphatic rings. The van der Waals surface area contributed by atoms with Crippen molar-refractivity contribution in [3.8, 4) is 22.8 Å². The van der Waals surface area contributed by atoms with E-state index in [4.69, 9.17) is 13.9 Å². The molecule has 0 spiro atoms. The van der Waals surface area contributed by atoms with Crippen molar-refractivity contribution < 1.29 is 13.9 Å². The van der Waals surface area contributed by atoms with E-state index in [1.54, 1.807) is 0 Å². The second-order valence-electron chi connectivity index (χ2n) is 7.42. The summed E-state index contributed by atoms with van der Waals surface area (Å²) in [5, 5.41) is 0.551. The maximum atomic E-state index is 13.4. The number of rotatable bonds is 6. The molecule has 0 amide bonds. The average Bonchev–Trinajstić information content (AvgIpc) is 2.73. The molecule has 4 rings (SSSR count). The Balaban J connectivity index is 1.71. The van der Waals surface area contributed by atoms with Crippen LogP contribution in [-0.2, 0) is 0 Å². The van der Waals surface area contributed by atoms with Gasteiger partial charge in [0.05, 0.1) is 5.39 Å². The fourth-order valence-corrected chi connectivity index (χ4v) is 3.52. The van der Waals surface area contributed by atoms with Gasteiger partial charge in [-0.3, -0.25) is 4.79 Å². The van der Waals surface area contributed by atoms with E-state index in [1.807, 2.05) is 87.5 Å². The molecule has 3 aromatic carbocycles. The van der Waals surface area contributed by atoms with Gasteiger partial charge in [-0.25, -0.2) is 0 Å². The number of hydrogen-bond acceptors (Lipinski definition) is 4. The molecule has 0 fully saturated rings. The van der Waals surface area contributed by atoms with Crippen LogP contribution in [0, 0.1) is 20.8 Å². The van der Waals surface area contributed by atoms with Crippen LogP contribution in [0.2, 0.25) is 0 Å². The zero-order chi connectivity index (χ0) is 21.1. The molecule has 4 nitrogen and oxygen atoms in total. The molecule has 0 saturated heterocycles. The number of fused-ring (bicyclic) bond motifs is 1. The molecule has 152 valence electrons. The van der Waals surface area contributed by atoms with Gasteiger partial charge in [-0.15, -0.1) is 0 Å². The van der Waals surface area contributed by atoms with Crippen molar-refractivity contribution in [1.82, 2.24) is 0 Å². The molecule has 1 aromatic heterocycles. The van der Waals surface area contributed by atoms with Gasteiger partial charge in [0.25, 0.3) is 0 Å². The number of benzene rings is 3. The first-order valence-electron chi connectivity index (χ1n) is 9.98. The van der Waals surface area contributed by atoms with Crippen molar-refractivity contribution in [2.45, 2.75) is 20.8 Å². The van der Waals surface area contributed by atoms with Crippen molar-refractivity contribution in [3.63, 3.8) is 0 Å². The van der Waals surface area contributed by atoms with Crippen LogP contribution in [0.1, 0.15) is 16.7 Å².